The van der Waals surface area contributed by atoms with E-state index >= 15 is 0 Å². The van der Waals surface area contributed by atoms with E-state index in [1.165, 1.54) is 6.07 Å². The Kier molecular flexibility index (Phi) is 2.95. The normalized spacial score (nSPS) is 11.1. The van der Waals surface area contributed by atoms with Gasteiger partial charge in [0.25, 0.3) is 5.56 Å². The molecule has 112 valence electrons. The Bertz CT molecular complexity index is 1240. The second-order valence-electron chi connectivity index (χ2n) is 4.99. The van der Waals surface area contributed by atoms with Gasteiger partial charge in [-0.1, -0.05) is 30.3 Å². The maximum atomic E-state index is 12.1. The minimum Gasteiger partial charge on any atom is -0.422 e. The second kappa shape index (κ2) is 4.99. The Hall–Kier alpha value is -3.06. The minimum absolute atomic E-state index is 0.0851. The molecule has 0 amide bonds. The van der Waals surface area contributed by atoms with Crippen LogP contribution in [0.4, 0.5) is 0 Å². The van der Waals surface area contributed by atoms with Crippen LogP contribution < -0.4 is 11.2 Å². The summed E-state index contributed by atoms with van der Waals surface area (Å²) < 4.78 is 5.50. The molecule has 0 saturated heterocycles. The van der Waals surface area contributed by atoms with Gasteiger partial charge in [0.15, 0.2) is 0 Å². The van der Waals surface area contributed by atoms with Crippen molar-refractivity contribution in [2.24, 2.45) is 0 Å². The molecule has 7 heteroatoms. The predicted molar refractivity (Wildman–Crippen MR) is 89.0 cm³/mol. The number of benzene rings is 2. The molecule has 0 radical (unpaired) electrons. The van der Waals surface area contributed by atoms with Crippen LogP contribution in [0.25, 0.3) is 33.0 Å². The van der Waals surface area contributed by atoms with Crippen LogP contribution in [-0.4, -0.2) is 15.2 Å². The number of hydrogen-bond acceptors (Lipinski definition) is 5. The summed E-state index contributed by atoms with van der Waals surface area (Å²) in [6.45, 7) is 0. The largest absolute Gasteiger partial charge is 0.422 e. The number of nitrogens with zero attached hydrogens (tertiary/aromatic N) is 1. The van der Waals surface area contributed by atoms with E-state index in [1.54, 1.807) is 6.07 Å². The van der Waals surface area contributed by atoms with Crippen LogP contribution in [0.3, 0.4) is 0 Å². The molecule has 23 heavy (non-hydrogen) atoms. The van der Waals surface area contributed by atoms with Crippen LogP contribution in [0.1, 0.15) is 0 Å². The van der Waals surface area contributed by atoms with Crippen LogP contribution in [-0.2, 0) is 0 Å². The van der Waals surface area contributed by atoms with Gasteiger partial charge in [-0.15, -0.1) is 0 Å². The highest BCUT2D eigenvalue weighted by Crippen LogP contribution is 2.29. The molecule has 2 heterocycles. The van der Waals surface area contributed by atoms with Crippen molar-refractivity contribution in [3.63, 3.8) is 0 Å². The lowest BCUT2D eigenvalue weighted by Crippen LogP contribution is -2.14. The number of aromatic nitrogens is 3. The van der Waals surface area contributed by atoms with Crippen LogP contribution in [0, 0.1) is 4.77 Å². The summed E-state index contributed by atoms with van der Waals surface area (Å²) in [5.41, 5.74) is -0.113. The van der Waals surface area contributed by atoms with Gasteiger partial charge in [-0.25, -0.2) is 9.78 Å². The van der Waals surface area contributed by atoms with E-state index in [9.17, 15) is 9.59 Å². The van der Waals surface area contributed by atoms with Gasteiger partial charge in [0.1, 0.15) is 11.3 Å². The van der Waals surface area contributed by atoms with E-state index in [0.717, 1.165) is 10.8 Å². The number of H-pyrrole nitrogens is 2. The van der Waals surface area contributed by atoms with Crippen LogP contribution in [0.2, 0.25) is 0 Å². The van der Waals surface area contributed by atoms with Crippen molar-refractivity contribution in [1.29, 1.82) is 0 Å². The number of hydrogen-bond donors (Lipinski definition) is 2. The van der Waals surface area contributed by atoms with Crippen LogP contribution >= 0.6 is 12.2 Å². The lowest BCUT2D eigenvalue weighted by molar-refractivity contribution is 0.564. The molecule has 4 rings (SSSR count). The Morgan fingerprint density at radius 3 is 2.70 bits per heavy atom. The van der Waals surface area contributed by atoms with E-state index in [1.807, 2.05) is 30.3 Å². The van der Waals surface area contributed by atoms with E-state index in [2.05, 4.69) is 15.2 Å². The standard InChI is InChI=1S/C16H9N3O3S/c20-12-7-11(13-15(21)18-19-16(23)17-13)10-6-5-8-3-1-2-4-9(8)14(10)22-12/h1-7H,(H,18,21)(H,17,19,23). The van der Waals surface area contributed by atoms with Gasteiger partial charge in [0, 0.05) is 22.4 Å². The molecule has 0 saturated carbocycles. The molecule has 6 nitrogen and oxygen atoms in total. The lowest BCUT2D eigenvalue weighted by Gasteiger charge is -2.06. The average Bonchev–Trinajstić information content (AvgIpc) is 2.56. The fraction of sp³-hybridized carbons (Fsp3) is 0. The molecule has 0 fully saturated rings. The summed E-state index contributed by atoms with van der Waals surface area (Å²) in [7, 11) is 0. The lowest BCUT2D eigenvalue weighted by atomic mass is 10.0. The molecule has 0 aliphatic carbocycles. The van der Waals surface area contributed by atoms with Crippen molar-refractivity contribution >= 4 is 34.0 Å². The highest BCUT2D eigenvalue weighted by Gasteiger charge is 2.14. The third-order valence-electron chi connectivity index (χ3n) is 3.60. The van der Waals surface area contributed by atoms with Gasteiger partial charge < -0.3 is 4.42 Å². The summed E-state index contributed by atoms with van der Waals surface area (Å²) in [5.74, 6) is 0. The van der Waals surface area contributed by atoms with E-state index in [4.69, 9.17) is 16.6 Å². The van der Waals surface area contributed by atoms with Crippen molar-refractivity contribution in [2.75, 3.05) is 0 Å². The molecular formula is C16H9N3O3S. The highest BCUT2D eigenvalue weighted by atomic mass is 32.1. The van der Waals surface area contributed by atoms with Crippen molar-refractivity contribution < 1.29 is 4.42 Å². The van der Waals surface area contributed by atoms with Crippen molar-refractivity contribution in [1.82, 2.24) is 15.2 Å². The fourth-order valence-corrected chi connectivity index (χ4v) is 2.76. The summed E-state index contributed by atoms with van der Waals surface area (Å²) in [4.78, 5) is 28.1. The quantitative estimate of drug-likeness (QED) is 0.319. The van der Waals surface area contributed by atoms with Crippen LogP contribution in [0.15, 0.2) is 56.5 Å². The molecule has 0 bridgehead atoms. The maximum absolute atomic E-state index is 12.1. The van der Waals surface area contributed by atoms with Gasteiger partial charge in [-0.3, -0.25) is 15.0 Å². The fourth-order valence-electron chi connectivity index (χ4n) is 2.62. The van der Waals surface area contributed by atoms with Crippen LogP contribution in [0.5, 0.6) is 0 Å². The zero-order chi connectivity index (χ0) is 16.0. The molecule has 0 aliphatic rings. The number of fused-ring (bicyclic) bond motifs is 3. The molecule has 4 aromatic rings. The first kappa shape index (κ1) is 13.6. The molecule has 0 unspecified atom stereocenters. The second-order valence-corrected chi connectivity index (χ2v) is 5.37. The van der Waals surface area contributed by atoms with Crippen molar-refractivity contribution in [2.45, 2.75) is 0 Å². The molecule has 2 N–H and O–H groups in total. The zero-order valence-corrected chi connectivity index (χ0v) is 12.4. The van der Waals surface area contributed by atoms with Gasteiger partial charge in [0.2, 0.25) is 4.77 Å². The van der Waals surface area contributed by atoms with E-state index < -0.39 is 11.2 Å². The Morgan fingerprint density at radius 2 is 1.83 bits per heavy atom. The Labute approximate surface area is 133 Å². The van der Waals surface area contributed by atoms with E-state index in [0.29, 0.717) is 16.5 Å². The molecule has 0 atom stereocenters. The number of rotatable bonds is 1. The summed E-state index contributed by atoms with van der Waals surface area (Å²) in [6, 6.07) is 12.5. The molecule has 2 aromatic heterocycles. The Balaban J connectivity index is 2.22. The summed E-state index contributed by atoms with van der Waals surface area (Å²) in [6.07, 6.45) is 0. The highest BCUT2D eigenvalue weighted by molar-refractivity contribution is 7.71. The van der Waals surface area contributed by atoms with Crippen molar-refractivity contribution in [3.05, 3.63) is 68.0 Å². The average molecular weight is 323 g/mol. The summed E-state index contributed by atoms with van der Waals surface area (Å²) >= 11 is 4.95. The first-order valence-electron chi connectivity index (χ1n) is 6.78. The first-order chi connectivity index (χ1) is 11.1. The predicted octanol–water partition coefficient (Wildman–Crippen LogP) is 2.75. The van der Waals surface area contributed by atoms with Crippen molar-refractivity contribution in [3.8, 4) is 11.3 Å². The van der Waals surface area contributed by atoms with Gasteiger partial charge in [-0.2, -0.15) is 0 Å². The SMILES string of the molecule is O=c1cc(-c2nc(=S)[nH][nH]c2=O)c2ccc3ccccc3c2o1. The molecule has 0 aliphatic heterocycles. The first-order valence-corrected chi connectivity index (χ1v) is 7.19. The van der Waals surface area contributed by atoms with Gasteiger partial charge >= 0.3 is 5.63 Å². The topological polar surface area (TPSA) is 91.8 Å². The maximum Gasteiger partial charge on any atom is 0.336 e. The summed E-state index contributed by atoms with van der Waals surface area (Å²) in [5, 5.41) is 7.23. The third kappa shape index (κ3) is 2.18. The molecule has 0 spiro atoms. The number of nitrogens with one attached hydrogen (secondary N) is 2. The molecular weight excluding hydrogens is 314 g/mol. The monoisotopic (exact) mass is 323 g/mol. The smallest absolute Gasteiger partial charge is 0.336 e. The van der Waals surface area contributed by atoms with Gasteiger partial charge in [0.05, 0.1) is 0 Å². The third-order valence-corrected chi connectivity index (χ3v) is 3.79. The van der Waals surface area contributed by atoms with E-state index in [-0.39, 0.29) is 10.5 Å². The molecule has 2 aromatic carbocycles. The minimum atomic E-state index is -0.552. The number of aromatic amines is 2. The Morgan fingerprint density at radius 1 is 1.00 bits per heavy atom. The zero-order valence-electron chi connectivity index (χ0n) is 11.6. The van der Waals surface area contributed by atoms with Gasteiger partial charge in [-0.05, 0) is 23.7 Å².